The number of amides is 1. The van der Waals surface area contributed by atoms with Crippen molar-refractivity contribution >= 4 is 29.3 Å². The van der Waals surface area contributed by atoms with Gasteiger partial charge in [-0.3, -0.25) is 9.78 Å². The highest BCUT2D eigenvalue weighted by atomic mass is 35.5. The Balaban J connectivity index is 2.23. The Morgan fingerprint density at radius 2 is 2.10 bits per heavy atom. The Morgan fingerprint density at radius 1 is 1.35 bits per heavy atom. The maximum atomic E-state index is 12.0. The molecule has 0 aliphatic rings. The second kappa shape index (κ2) is 5.66. The number of carboxylic acid groups (broad SMARTS) is 1. The van der Waals surface area contributed by atoms with Crippen LogP contribution in [0.5, 0.6) is 0 Å². The van der Waals surface area contributed by atoms with Gasteiger partial charge in [-0.1, -0.05) is 17.7 Å². The number of nitrogens with zero attached hydrogens (tertiary/aromatic N) is 2. The predicted octanol–water partition coefficient (Wildman–Crippen LogP) is 2.39. The summed E-state index contributed by atoms with van der Waals surface area (Å²) in [6.07, 6.45) is 1.36. The van der Waals surface area contributed by atoms with E-state index < -0.39 is 11.9 Å². The van der Waals surface area contributed by atoms with Crippen LogP contribution in [0.1, 0.15) is 26.5 Å². The summed E-state index contributed by atoms with van der Waals surface area (Å²) in [4.78, 5) is 30.6. The summed E-state index contributed by atoms with van der Waals surface area (Å²) >= 11 is 5.96. The lowest BCUT2D eigenvalue weighted by molar-refractivity contribution is 0.0690. The van der Waals surface area contributed by atoms with Crippen molar-refractivity contribution in [1.82, 2.24) is 9.97 Å². The van der Waals surface area contributed by atoms with E-state index in [9.17, 15) is 9.59 Å². The van der Waals surface area contributed by atoms with Crippen molar-refractivity contribution < 1.29 is 14.7 Å². The largest absolute Gasteiger partial charge is 0.477 e. The minimum absolute atomic E-state index is 0.131. The van der Waals surface area contributed by atoms with E-state index in [0.29, 0.717) is 5.69 Å². The predicted molar refractivity (Wildman–Crippen MR) is 73.1 cm³/mol. The fraction of sp³-hybridized carbons (Fsp3) is 0.0769. The van der Waals surface area contributed by atoms with Gasteiger partial charge in [0.1, 0.15) is 5.82 Å². The van der Waals surface area contributed by atoms with Crippen LogP contribution in [0.15, 0.2) is 30.5 Å². The number of aromatic nitrogens is 2. The molecule has 1 amide bonds. The molecular formula is C13H10ClN3O3. The van der Waals surface area contributed by atoms with Gasteiger partial charge in [0.05, 0.1) is 10.6 Å². The molecule has 0 radical (unpaired) electrons. The summed E-state index contributed by atoms with van der Waals surface area (Å²) in [6, 6.07) is 5.87. The van der Waals surface area contributed by atoms with Gasteiger partial charge in [0.2, 0.25) is 0 Å². The van der Waals surface area contributed by atoms with E-state index in [2.05, 4.69) is 15.3 Å². The smallest absolute Gasteiger partial charge is 0.354 e. The molecule has 0 aliphatic heterocycles. The Labute approximate surface area is 119 Å². The lowest BCUT2D eigenvalue weighted by atomic mass is 10.2. The van der Waals surface area contributed by atoms with E-state index in [0.717, 1.165) is 0 Å². The number of carbonyl (C=O) groups is 2. The number of aryl methyl sites for hydroxylation is 1. The van der Waals surface area contributed by atoms with Gasteiger partial charge in [-0.15, -0.1) is 0 Å². The molecule has 2 N–H and O–H groups in total. The first-order chi connectivity index (χ1) is 9.47. The van der Waals surface area contributed by atoms with Crippen LogP contribution in [0.4, 0.5) is 5.82 Å². The van der Waals surface area contributed by atoms with E-state index in [1.54, 1.807) is 13.0 Å². The Bertz CT molecular complexity index is 688. The standard InChI is InChI=1S/C13H10ClN3O3/c1-7-5-9(14)8(6-15-7)12(18)17-11-4-2-3-10(16-11)13(19)20/h2-6H,1H3,(H,19,20)(H,16,17,18). The molecule has 2 aromatic heterocycles. The van der Waals surface area contributed by atoms with Crippen molar-refractivity contribution in [2.24, 2.45) is 0 Å². The zero-order chi connectivity index (χ0) is 14.7. The van der Waals surface area contributed by atoms with Gasteiger partial charge in [0.15, 0.2) is 5.69 Å². The van der Waals surface area contributed by atoms with Gasteiger partial charge in [-0.05, 0) is 25.1 Å². The highest BCUT2D eigenvalue weighted by Gasteiger charge is 2.13. The van der Waals surface area contributed by atoms with Crippen LogP contribution in [-0.2, 0) is 0 Å². The van der Waals surface area contributed by atoms with Crippen LogP contribution < -0.4 is 5.32 Å². The van der Waals surface area contributed by atoms with Crippen LogP contribution >= 0.6 is 11.6 Å². The fourth-order valence-electron chi connectivity index (χ4n) is 1.50. The topological polar surface area (TPSA) is 92.2 Å². The van der Waals surface area contributed by atoms with Crippen LogP contribution in [0, 0.1) is 6.92 Å². The molecule has 2 rings (SSSR count). The third kappa shape index (κ3) is 3.10. The van der Waals surface area contributed by atoms with Crippen molar-refractivity contribution in [3.05, 3.63) is 52.4 Å². The molecule has 0 unspecified atom stereocenters. The third-order valence-electron chi connectivity index (χ3n) is 2.44. The Kier molecular flexibility index (Phi) is 3.95. The van der Waals surface area contributed by atoms with Crippen molar-refractivity contribution in [3.8, 4) is 0 Å². The highest BCUT2D eigenvalue weighted by molar-refractivity contribution is 6.34. The van der Waals surface area contributed by atoms with Crippen LogP contribution in [-0.4, -0.2) is 27.0 Å². The zero-order valence-corrected chi connectivity index (χ0v) is 11.2. The number of anilines is 1. The summed E-state index contributed by atoms with van der Waals surface area (Å²) in [5.74, 6) is -1.54. The van der Waals surface area contributed by atoms with Crippen molar-refractivity contribution in [3.63, 3.8) is 0 Å². The first-order valence-electron chi connectivity index (χ1n) is 5.61. The van der Waals surface area contributed by atoms with Gasteiger partial charge in [0, 0.05) is 11.9 Å². The lowest BCUT2D eigenvalue weighted by Gasteiger charge is -2.06. The molecule has 2 heterocycles. The molecule has 0 aliphatic carbocycles. The minimum Gasteiger partial charge on any atom is -0.477 e. The van der Waals surface area contributed by atoms with E-state index in [1.807, 2.05) is 0 Å². The Morgan fingerprint density at radius 3 is 2.75 bits per heavy atom. The van der Waals surface area contributed by atoms with E-state index in [1.165, 1.54) is 24.4 Å². The number of carboxylic acids is 1. The minimum atomic E-state index is -1.17. The number of halogens is 1. The maximum absolute atomic E-state index is 12.0. The van der Waals surface area contributed by atoms with Gasteiger partial charge >= 0.3 is 5.97 Å². The number of pyridine rings is 2. The number of carbonyl (C=O) groups excluding carboxylic acids is 1. The van der Waals surface area contributed by atoms with Gasteiger partial charge in [0.25, 0.3) is 5.91 Å². The summed E-state index contributed by atoms with van der Waals surface area (Å²) in [7, 11) is 0. The summed E-state index contributed by atoms with van der Waals surface area (Å²) < 4.78 is 0. The average Bonchev–Trinajstić information content (AvgIpc) is 2.38. The van der Waals surface area contributed by atoms with Crippen molar-refractivity contribution in [2.45, 2.75) is 6.92 Å². The third-order valence-corrected chi connectivity index (χ3v) is 2.76. The average molecular weight is 292 g/mol. The van der Waals surface area contributed by atoms with E-state index in [-0.39, 0.29) is 22.1 Å². The molecule has 102 valence electrons. The number of aromatic carboxylic acids is 1. The van der Waals surface area contributed by atoms with Crippen molar-refractivity contribution in [2.75, 3.05) is 5.32 Å². The van der Waals surface area contributed by atoms with Gasteiger partial charge in [-0.25, -0.2) is 9.78 Å². The second-order valence-corrected chi connectivity index (χ2v) is 4.38. The first-order valence-corrected chi connectivity index (χ1v) is 5.99. The molecule has 0 atom stereocenters. The summed E-state index contributed by atoms with van der Waals surface area (Å²) in [5.41, 5.74) is 0.730. The van der Waals surface area contributed by atoms with Crippen molar-refractivity contribution in [1.29, 1.82) is 0 Å². The number of hydrogen-bond donors (Lipinski definition) is 2. The highest BCUT2D eigenvalue weighted by Crippen LogP contribution is 2.17. The lowest BCUT2D eigenvalue weighted by Crippen LogP contribution is -2.15. The number of nitrogens with one attached hydrogen (secondary N) is 1. The summed E-state index contributed by atoms with van der Waals surface area (Å²) in [6.45, 7) is 1.76. The second-order valence-electron chi connectivity index (χ2n) is 3.97. The quantitative estimate of drug-likeness (QED) is 0.906. The molecule has 0 aromatic carbocycles. The fourth-order valence-corrected chi connectivity index (χ4v) is 1.79. The SMILES string of the molecule is Cc1cc(Cl)c(C(=O)Nc2cccc(C(=O)O)n2)cn1. The molecule has 0 saturated carbocycles. The van der Waals surface area contributed by atoms with Gasteiger partial charge in [-0.2, -0.15) is 0 Å². The maximum Gasteiger partial charge on any atom is 0.354 e. The molecule has 0 spiro atoms. The van der Waals surface area contributed by atoms with Crippen LogP contribution in [0.2, 0.25) is 5.02 Å². The van der Waals surface area contributed by atoms with E-state index in [4.69, 9.17) is 16.7 Å². The molecule has 0 fully saturated rings. The molecule has 0 saturated heterocycles. The molecule has 0 bridgehead atoms. The number of hydrogen-bond acceptors (Lipinski definition) is 4. The number of rotatable bonds is 3. The monoisotopic (exact) mass is 291 g/mol. The molecule has 2 aromatic rings. The van der Waals surface area contributed by atoms with Gasteiger partial charge < -0.3 is 10.4 Å². The van der Waals surface area contributed by atoms with Crippen LogP contribution in [0.3, 0.4) is 0 Å². The normalized spacial score (nSPS) is 10.1. The first kappa shape index (κ1) is 14.0. The molecular weight excluding hydrogens is 282 g/mol. The van der Waals surface area contributed by atoms with Crippen LogP contribution in [0.25, 0.3) is 0 Å². The van der Waals surface area contributed by atoms with E-state index >= 15 is 0 Å². The summed E-state index contributed by atoms with van der Waals surface area (Å²) in [5, 5.41) is 11.6. The molecule has 7 heteroatoms. The molecule has 6 nitrogen and oxygen atoms in total. The zero-order valence-electron chi connectivity index (χ0n) is 10.4. The Hall–Kier alpha value is -2.47. The molecule has 20 heavy (non-hydrogen) atoms.